The number of nitrogens with zero attached hydrogens (tertiary/aromatic N) is 2. The number of aromatic hydroxyl groups is 1. The Kier molecular flexibility index (Phi) is 5.34. The quantitative estimate of drug-likeness (QED) is 0.777. The van der Waals surface area contributed by atoms with E-state index in [9.17, 15) is 23.1 Å². The van der Waals surface area contributed by atoms with Crippen LogP contribution in [-0.2, 0) is 11.0 Å². The van der Waals surface area contributed by atoms with Crippen LogP contribution in [0.25, 0.3) is 0 Å². The van der Waals surface area contributed by atoms with Gasteiger partial charge in [0.15, 0.2) is 5.69 Å². The molecule has 2 N–H and O–H groups in total. The molecule has 142 valence electrons. The van der Waals surface area contributed by atoms with Crippen molar-refractivity contribution in [2.75, 3.05) is 5.32 Å². The number of hydrogen-bond acceptors (Lipinski definition) is 3. The van der Waals surface area contributed by atoms with Gasteiger partial charge in [0.1, 0.15) is 11.8 Å². The molecule has 1 unspecified atom stereocenters. The number of carbonyl (C=O) groups is 1. The van der Waals surface area contributed by atoms with E-state index in [1.165, 1.54) is 13.8 Å². The highest BCUT2D eigenvalue weighted by atomic mass is 19.4. The van der Waals surface area contributed by atoms with Crippen LogP contribution in [0.2, 0.25) is 0 Å². The van der Waals surface area contributed by atoms with E-state index >= 15 is 0 Å². The van der Waals surface area contributed by atoms with Crippen LogP contribution in [0.15, 0.2) is 18.2 Å². The molecule has 0 radical (unpaired) electrons. The lowest BCUT2D eigenvalue weighted by atomic mass is 9.99. The molecular formula is C18H22F3N3O2. The lowest BCUT2D eigenvalue weighted by molar-refractivity contribution is -0.141. The number of aryl methyl sites for hydroxylation is 2. The summed E-state index contributed by atoms with van der Waals surface area (Å²) in [6.07, 6.45) is -4.56. The third-order valence-electron chi connectivity index (χ3n) is 4.21. The number of rotatable bonds is 4. The van der Waals surface area contributed by atoms with Gasteiger partial charge in [-0.25, -0.2) is 0 Å². The Balaban J connectivity index is 2.28. The molecule has 1 aromatic carbocycles. The van der Waals surface area contributed by atoms with E-state index in [0.717, 1.165) is 10.7 Å². The van der Waals surface area contributed by atoms with E-state index in [2.05, 4.69) is 10.4 Å². The highest BCUT2D eigenvalue weighted by Gasteiger charge is 2.35. The Morgan fingerprint density at radius 2 is 1.81 bits per heavy atom. The summed E-state index contributed by atoms with van der Waals surface area (Å²) >= 11 is 0. The molecule has 1 atom stereocenters. The van der Waals surface area contributed by atoms with Gasteiger partial charge >= 0.3 is 6.18 Å². The molecular weight excluding hydrogens is 347 g/mol. The first-order valence-corrected chi connectivity index (χ1v) is 8.19. The fraction of sp³-hybridized carbons (Fsp3) is 0.444. The van der Waals surface area contributed by atoms with Crippen molar-refractivity contribution >= 4 is 11.6 Å². The minimum absolute atomic E-state index is 0.0476. The molecule has 5 nitrogen and oxygen atoms in total. The van der Waals surface area contributed by atoms with Crippen LogP contribution in [0.5, 0.6) is 5.75 Å². The third kappa shape index (κ3) is 4.00. The van der Waals surface area contributed by atoms with Gasteiger partial charge in [-0.05, 0) is 56.0 Å². The van der Waals surface area contributed by atoms with Crippen molar-refractivity contribution in [2.24, 2.45) is 0 Å². The summed E-state index contributed by atoms with van der Waals surface area (Å²) in [5.74, 6) is -0.305. The predicted molar refractivity (Wildman–Crippen MR) is 92.2 cm³/mol. The van der Waals surface area contributed by atoms with Gasteiger partial charge in [0, 0.05) is 11.4 Å². The van der Waals surface area contributed by atoms with Gasteiger partial charge in [0.25, 0.3) is 0 Å². The summed E-state index contributed by atoms with van der Waals surface area (Å²) < 4.78 is 39.5. The maximum absolute atomic E-state index is 12.8. The highest BCUT2D eigenvalue weighted by molar-refractivity contribution is 5.94. The maximum atomic E-state index is 12.8. The van der Waals surface area contributed by atoms with Crippen LogP contribution < -0.4 is 5.32 Å². The molecule has 0 fully saturated rings. The number of phenols is 1. The van der Waals surface area contributed by atoms with Crippen LogP contribution >= 0.6 is 0 Å². The van der Waals surface area contributed by atoms with Crippen molar-refractivity contribution in [1.29, 1.82) is 0 Å². The van der Waals surface area contributed by atoms with Crippen molar-refractivity contribution in [3.8, 4) is 5.75 Å². The van der Waals surface area contributed by atoms with Crippen molar-refractivity contribution < 1.29 is 23.1 Å². The Morgan fingerprint density at radius 1 is 1.19 bits per heavy atom. The molecule has 26 heavy (non-hydrogen) atoms. The lowest BCUT2D eigenvalue weighted by Gasteiger charge is -2.18. The number of amides is 1. The molecule has 1 aromatic heterocycles. The van der Waals surface area contributed by atoms with E-state index in [1.54, 1.807) is 19.1 Å². The number of nitrogens with one attached hydrogen (secondary N) is 1. The van der Waals surface area contributed by atoms with Crippen LogP contribution in [0.4, 0.5) is 18.9 Å². The topological polar surface area (TPSA) is 67.2 Å². The number of halogens is 3. The van der Waals surface area contributed by atoms with Gasteiger partial charge in [-0.2, -0.15) is 18.3 Å². The van der Waals surface area contributed by atoms with Gasteiger partial charge in [-0.1, -0.05) is 13.8 Å². The van der Waals surface area contributed by atoms with E-state index in [1.807, 2.05) is 13.8 Å². The Labute approximate surface area is 149 Å². The molecule has 0 aliphatic heterocycles. The molecule has 1 heterocycles. The van der Waals surface area contributed by atoms with Gasteiger partial charge in [-0.3, -0.25) is 9.48 Å². The fourth-order valence-corrected chi connectivity index (χ4v) is 2.67. The first kappa shape index (κ1) is 19.8. The van der Waals surface area contributed by atoms with Crippen molar-refractivity contribution in [3.05, 3.63) is 40.7 Å². The van der Waals surface area contributed by atoms with E-state index in [4.69, 9.17) is 0 Å². The lowest BCUT2D eigenvalue weighted by Crippen LogP contribution is -2.26. The summed E-state index contributed by atoms with van der Waals surface area (Å²) in [6, 6.07) is 3.21. The zero-order valence-corrected chi connectivity index (χ0v) is 15.3. The average Bonchev–Trinajstić information content (AvgIpc) is 2.90. The van der Waals surface area contributed by atoms with Crippen LogP contribution in [-0.4, -0.2) is 20.8 Å². The minimum Gasteiger partial charge on any atom is -0.508 e. The standard InChI is InChI=1S/C18H22F3N3O2/c1-9(2)13-8-14(10(3)6-15(13)25)22-17(26)12(5)24-11(4)7-16(23-24)18(19,20)21/h6-9,12,25H,1-5H3,(H,22,26). The number of alkyl halides is 3. The van der Waals surface area contributed by atoms with E-state index in [0.29, 0.717) is 16.8 Å². The molecule has 0 aliphatic carbocycles. The maximum Gasteiger partial charge on any atom is 0.435 e. The predicted octanol–water partition coefficient (Wildman–Crippen LogP) is 4.55. The molecule has 1 amide bonds. The fourth-order valence-electron chi connectivity index (χ4n) is 2.67. The van der Waals surface area contributed by atoms with E-state index < -0.39 is 23.8 Å². The van der Waals surface area contributed by atoms with Gasteiger partial charge < -0.3 is 10.4 Å². The number of carbonyl (C=O) groups excluding carboxylic acids is 1. The van der Waals surface area contributed by atoms with Gasteiger partial charge in [0.05, 0.1) is 0 Å². The Hall–Kier alpha value is -2.51. The molecule has 0 aliphatic rings. The smallest absolute Gasteiger partial charge is 0.435 e. The SMILES string of the molecule is Cc1cc(O)c(C(C)C)cc1NC(=O)C(C)n1nc(C(F)(F)F)cc1C. The summed E-state index contributed by atoms with van der Waals surface area (Å²) in [4.78, 5) is 12.5. The first-order valence-electron chi connectivity index (χ1n) is 8.19. The minimum atomic E-state index is -4.56. The first-order chi connectivity index (χ1) is 11.9. The summed E-state index contributed by atoms with van der Waals surface area (Å²) in [5.41, 5.74) is 1.04. The molecule has 2 rings (SSSR count). The molecule has 0 bridgehead atoms. The molecule has 0 saturated carbocycles. The second kappa shape index (κ2) is 7.01. The summed E-state index contributed by atoms with van der Waals surface area (Å²) in [6.45, 7) is 8.49. The zero-order chi connectivity index (χ0) is 19.8. The molecule has 2 aromatic rings. The van der Waals surface area contributed by atoms with Crippen LogP contribution in [0.3, 0.4) is 0 Å². The van der Waals surface area contributed by atoms with Gasteiger partial charge in [0.2, 0.25) is 5.91 Å². The second-order valence-electron chi connectivity index (χ2n) is 6.66. The summed E-state index contributed by atoms with van der Waals surface area (Å²) in [5, 5.41) is 16.2. The van der Waals surface area contributed by atoms with Crippen molar-refractivity contribution in [1.82, 2.24) is 9.78 Å². The number of anilines is 1. The average molecular weight is 369 g/mol. The van der Waals surface area contributed by atoms with Gasteiger partial charge in [-0.15, -0.1) is 0 Å². The molecule has 8 heteroatoms. The normalized spacial score (nSPS) is 13.1. The highest BCUT2D eigenvalue weighted by Crippen LogP contribution is 2.32. The Morgan fingerprint density at radius 3 is 2.31 bits per heavy atom. The molecule has 0 saturated heterocycles. The van der Waals surface area contributed by atoms with Crippen LogP contribution in [0.1, 0.15) is 55.2 Å². The largest absolute Gasteiger partial charge is 0.508 e. The van der Waals surface area contributed by atoms with Crippen molar-refractivity contribution in [2.45, 2.75) is 52.8 Å². The monoisotopic (exact) mass is 369 g/mol. The second-order valence-corrected chi connectivity index (χ2v) is 6.66. The summed E-state index contributed by atoms with van der Waals surface area (Å²) in [7, 11) is 0. The number of hydrogen-bond donors (Lipinski definition) is 2. The zero-order valence-electron chi connectivity index (χ0n) is 15.3. The third-order valence-corrected chi connectivity index (χ3v) is 4.21. The van der Waals surface area contributed by atoms with E-state index in [-0.39, 0.29) is 17.4 Å². The number of phenolic OH excluding ortho intramolecular Hbond substituents is 1. The number of benzene rings is 1. The number of aromatic nitrogens is 2. The Bertz CT molecular complexity index is 826. The van der Waals surface area contributed by atoms with Crippen LogP contribution in [0, 0.1) is 13.8 Å². The molecule has 0 spiro atoms. The van der Waals surface area contributed by atoms with Crippen molar-refractivity contribution in [3.63, 3.8) is 0 Å².